The number of carbonyl (C=O) groups excluding carboxylic acids is 3. The first-order valence-electron chi connectivity index (χ1n) is 20.7. The van der Waals surface area contributed by atoms with Crippen molar-refractivity contribution in [3.63, 3.8) is 0 Å². The summed E-state index contributed by atoms with van der Waals surface area (Å²) in [5, 5.41) is 44.3. The average Bonchev–Trinajstić information content (AvgIpc) is 3.22. The molecule has 2 aliphatic rings. The number of likely N-dealkylation sites (tertiary alicyclic amines) is 1. The minimum atomic E-state index is -1.16. The molecule has 0 aromatic heterocycles. The topological polar surface area (TPSA) is 245 Å². The molecule has 1 unspecified atom stereocenters. The largest absolute Gasteiger partial charge is 0.494 e. The van der Waals surface area contributed by atoms with Crippen LogP contribution in [-0.4, -0.2) is 216 Å². The van der Waals surface area contributed by atoms with Crippen LogP contribution < -0.4 is 15.4 Å². The summed E-state index contributed by atoms with van der Waals surface area (Å²) < 4.78 is 5.91. The molecule has 340 valence electrons. The van der Waals surface area contributed by atoms with Crippen LogP contribution in [0.4, 0.5) is 5.69 Å². The standard InChI is InChI=1S/C41H64N8O11S/c1-4-32-24-33(7-8-34(32)42-3)60-22-5-6-31-9-12-49(13-10-31)41(59)35(50)29-61-23-11-43-40(58)30(2)44-36(51)25-45-14-16-46(26-37(52)53)18-20-48(28-39(56)57)21-19-47(17-15-45)27-38(54)55/h4,7-8,24,30-31,35,50H,1,3,5-6,9-23,25-29H2,2H3,(H,43,58)(H,44,51)(H,52,53)(H,54,55)(H,56,57)/t30?,35-/m1/s1. The SMILES string of the molecule is C=Cc1cc(OCCCC2CCN(C(=O)[C@H](O)CSCCNC(=O)C(C)NC(=O)CN3CCN(CC(=O)O)CCN(CC(=O)O)CCN(CC(=O)O)CC3)CC2)ccc1N=C. The van der Waals surface area contributed by atoms with Crippen molar-refractivity contribution >= 4 is 65.9 Å². The lowest BCUT2D eigenvalue weighted by Gasteiger charge is -2.33. The molecule has 1 aromatic rings. The van der Waals surface area contributed by atoms with Crippen molar-refractivity contribution in [2.75, 3.05) is 116 Å². The van der Waals surface area contributed by atoms with E-state index in [0.29, 0.717) is 31.4 Å². The van der Waals surface area contributed by atoms with Crippen LogP contribution in [0.5, 0.6) is 5.75 Å². The maximum Gasteiger partial charge on any atom is 0.317 e. The van der Waals surface area contributed by atoms with Gasteiger partial charge in [-0.3, -0.25) is 53.4 Å². The molecule has 3 amide bonds. The van der Waals surface area contributed by atoms with Crippen molar-refractivity contribution < 1.29 is 53.9 Å². The molecule has 0 aliphatic carbocycles. The highest BCUT2D eigenvalue weighted by atomic mass is 32.2. The van der Waals surface area contributed by atoms with E-state index >= 15 is 0 Å². The van der Waals surface area contributed by atoms with Crippen LogP contribution in [0.15, 0.2) is 29.8 Å². The van der Waals surface area contributed by atoms with Crippen molar-refractivity contribution in [3.8, 4) is 5.75 Å². The molecule has 0 bridgehead atoms. The fourth-order valence-corrected chi connectivity index (χ4v) is 7.93. The Morgan fingerprint density at radius 2 is 1.38 bits per heavy atom. The highest BCUT2D eigenvalue weighted by Gasteiger charge is 2.27. The van der Waals surface area contributed by atoms with Gasteiger partial charge in [0.25, 0.3) is 5.91 Å². The van der Waals surface area contributed by atoms with Crippen LogP contribution in [-0.2, 0) is 28.8 Å². The summed E-state index contributed by atoms with van der Waals surface area (Å²) in [6.45, 7) is 12.0. The lowest BCUT2D eigenvalue weighted by molar-refractivity contribution is -0.140. The van der Waals surface area contributed by atoms with Gasteiger partial charge in [-0.05, 0) is 63.4 Å². The van der Waals surface area contributed by atoms with E-state index in [1.165, 1.54) is 11.8 Å². The molecule has 1 aromatic carbocycles. The molecule has 0 radical (unpaired) electrons. The third-order valence-corrected chi connectivity index (χ3v) is 11.6. The number of piperidine rings is 1. The second-order valence-corrected chi connectivity index (χ2v) is 16.4. The number of carbonyl (C=O) groups is 6. The number of rotatable bonds is 23. The van der Waals surface area contributed by atoms with Crippen LogP contribution in [0.3, 0.4) is 0 Å². The monoisotopic (exact) mass is 876 g/mol. The highest BCUT2D eigenvalue weighted by molar-refractivity contribution is 7.99. The second kappa shape index (κ2) is 27.4. The van der Waals surface area contributed by atoms with E-state index in [1.807, 2.05) is 18.2 Å². The molecule has 2 saturated heterocycles. The number of amides is 3. The molecule has 6 N–H and O–H groups in total. The molecule has 3 rings (SSSR count). The first-order chi connectivity index (χ1) is 29.2. The summed E-state index contributed by atoms with van der Waals surface area (Å²) in [5.41, 5.74) is 1.62. The summed E-state index contributed by atoms with van der Waals surface area (Å²) in [5.74, 6) is -2.46. The van der Waals surface area contributed by atoms with Gasteiger partial charge >= 0.3 is 17.9 Å². The van der Waals surface area contributed by atoms with E-state index in [0.717, 1.165) is 42.7 Å². The van der Waals surface area contributed by atoms with E-state index in [2.05, 4.69) is 28.9 Å². The number of nitrogens with zero attached hydrogens (tertiary/aromatic N) is 6. The molecule has 61 heavy (non-hydrogen) atoms. The smallest absolute Gasteiger partial charge is 0.317 e. The molecular formula is C41H64N8O11S. The Hall–Kier alpha value is -4.60. The normalized spacial score (nSPS) is 17.8. The van der Waals surface area contributed by atoms with E-state index in [4.69, 9.17) is 4.74 Å². The Balaban J connectivity index is 1.35. The lowest BCUT2D eigenvalue weighted by atomic mass is 9.92. The minimum absolute atomic E-state index is 0.124. The van der Waals surface area contributed by atoms with Gasteiger partial charge in [0.05, 0.1) is 38.5 Å². The van der Waals surface area contributed by atoms with Crippen LogP contribution in [0.1, 0.15) is 38.2 Å². The van der Waals surface area contributed by atoms with Gasteiger partial charge in [-0.15, -0.1) is 0 Å². The van der Waals surface area contributed by atoms with Crippen molar-refractivity contribution in [1.29, 1.82) is 0 Å². The maximum atomic E-state index is 13.1. The molecule has 2 aliphatic heterocycles. The van der Waals surface area contributed by atoms with E-state index < -0.39 is 41.9 Å². The predicted molar refractivity (Wildman–Crippen MR) is 232 cm³/mol. The summed E-state index contributed by atoms with van der Waals surface area (Å²) in [4.78, 5) is 85.7. The molecule has 0 saturated carbocycles. The molecule has 2 atom stereocenters. The van der Waals surface area contributed by atoms with Gasteiger partial charge in [-0.2, -0.15) is 11.8 Å². The zero-order chi connectivity index (χ0) is 44.7. The summed E-state index contributed by atoms with van der Waals surface area (Å²) in [6.07, 6.45) is 4.15. The van der Waals surface area contributed by atoms with Gasteiger partial charge < -0.3 is 40.7 Å². The van der Waals surface area contributed by atoms with E-state index in [-0.39, 0.29) is 96.7 Å². The number of aliphatic hydroxyl groups is 1. The Kier molecular flexibility index (Phi) is 22.8. The van der Waals surface area contributed by atoms with Crippen LogP contribution in [0.2, 0.25) is 0 Å². The third kappa shape index (κ3) is 19.8. The van der Waals surface area contributed by atoms with Crippen molar-refractivity contribution in [3.05, 3.63) is 30.3 Å². The third-order valence-electron chi connectivity index (χ3n) is 10.6. The van der Waals surface area contributed by atoms with E-state index in [9.17, 15) is 49.2 Å². The number of hydrogen-bond acceptors (Lipinski definition) is 14. The maximum absolute atomic E-state index is 13.1. The Morgan fingerprint density at radius 1 is 0.852 bits per heavy atom. The molecule has 2 fully saturated rings. The van der Waals surface area contributed by atoms with Crippen molar-refractivity contribution in [2.45, 2.75) is 44.8 Å². The molecule has 2 heterocycles. The number of carboxylic acids is 3. The van der Waals surface area contributed by atoms with Gasteiger partial charge in [0, 0.05) is 89.1 Å². The zero-order valence-electron chi connectivity index (χ0n) is 35.3. The number of aliphatic hydroxyl groups excluding tert-OH is 1. The Morgan fingerprint density at radius 3 is 1.87 bits per heavy atom. The first kappa shape index (κ1) is 50.8. The van der Waals surface area contributed by atoms with E-state index in [1.54, 1.807) is 37.5 Å². The Bertz CT molecular complexity index is 1600. The number of nitrogens with one attached hydrogen (secondary N) is 2. The van der Waals surface area contributed by atoms with Gasteiger partial charge in [0.15, 0.2) is 0 Å². The lowest BCUT2D eigenvalue weighted by Crippen LogP contribution is -2.51. The number of hydrogen-bond donors (Lipinski definition) is 6. The highest BCUT2D eigenvalue weighted by Crippen LogP contribution is 2.26. The fraction of sp³-hybridized carbons (Fsp3) is 0.634. The second-order valence-electron chi connectivity index (χ2n) is 15.3. The summed E-state index contributed by atoms with van der Waals surface area (Å²) in [6, 6.07) is 4.73. The minimum Gasteiger partial charge on any atom is -0.494 e. The van der Waals surface area contributed by atoms with Crippen LogP contribution in [0, 0.1) is 5.92 Å². The molecule has 0 spiro atoms. The number of aliphatic imine (C=N–C) groups is 1. The quantitative estimate of drug-likeness (QED) is 0.0638. The fourth-order valence-electron chi connectivity index (χ4n) is 7.15. The Labute approximate surface area is 362 Å². The molecule has 20 heteroatoms. The van der Waals surface area contributed by atoms with Crippen LogP contribution >= 0.6 is 11.8 Å². The van der Waals surface area contributed by atoms with Gasteiger partial charge in [-0.1, -0.05) is 12.7 Å². The van der Waals surface area contributed by atoms with Gasteiger partial charge in [0.2, 0.25) is 11.8 Å². The zero-order valence-corrected chi connectivity index (χ0v) is 36.1. The van der Waals surface area contributed by atoms with Crippen LogP contribution in [0.25, 0.3) is 6.08 Å². The van der Waals surface area contributed by atoms with Gasteiger partial charge in [0.1, 0.15) is 17.9 Å². The van der Waals surface area contributed by atoms with Crippen molar-refractivity contribution in [1.82, 2.24) is 35.1 Å². The molecular weight excluding hydrogens is 813 g/mol. The summed E-state index contributed by atoms with van der Waals surface area (Å²) >= 11 is 1.34. The first-order valence-corrected chi connectivity index (χ1v) is 21.8. The average molecular weight is 877 g/mol. The van der Waals surface area contributed by atoms with Gasteiger partial charge in [-0.25, -0.2) is 0 Å². The number of carboxylic acid groups (broad SMARTS) is 3. The van der Waals surface area contributed by atoms with Crippen molar-refractivity contribution in [2.24, 2.45) is 10.9 Å². The number of benzene rings is 1. The number of thioether (sulfide) groups is 1. The number of ether oxygens (including phenoxy) is 1. The summed E-state index contributed by atoms with van der Waals surface area (Å²) in [7, 11) is 0. The number of aliphatic carboxylic acids is 3. The molecule has 19 nitrogen and oxygen atoms in total. The predicted octanol–water partition coefficient (Wildman–Crippen LogP) is 0.250.